The van der Waals surface area contributed by atoms with Gasteiger partial charge in [-0.2, -0.15) is 0 Å². The Bertz CT molecular complexity index is 824. The third kappa shape index (κ3) is 4.60. The summed E-state index contributed by atoms with van der Waals surface area (Å²) in [7, 11) is 1.68. The number of benzene rings is 2. The molecular weight excluding hydrogens is 380 g/mol. The lowest BCUT2D eigenvalue weighted by Crippen LogP contribution is -2.57. The van der Waals surface area contributed by atoms with Crippen molar-refractivity contribution in [3.05, 3.63) is 59.7 Å². The smallest absolute Gasteiger partial charge is 0.258 e. The number of hydrogen-bond donors (Lipinski definition) is 1. The average Bonchev–Trinajstić information content (AvgIpc) is 2.78. The number of hydrogen-bond acceptors (Lipinski definition) is 5. The Hall–Kier alpha value is -2.57. The van der Waals surface area contributed by atoms with Gasteiger partial charge in [0, 0.05) is 32.6 Å². The van der Waals surface area contributed by atoms with Gasteiger partial charge >= 0.3 is 0 Å². The first-order chi connectivity index (χ1) is 14.7. The summed E-state index contributed by atoms with van der Waals surface area (Å²) in [6.07, 6.45) is 1.50. The highest BCUT2D eigenvalue weighted by Crippen LogP contribution is 2.40. The lowest BCUT2D eigenvalue weighted by atomic mass is 9.89. The molecule has 0 fully saturated rings. The third-order valence-electron chi connectivity index (χ3n) is 5.48. The zero-order valence-electron chi connectivity index (χ0n) is 18.1. The van der Waals surface area contributed by atoms with Crippen molar-refractivity contribution in [2.24, 2.45) is 0 Å². The van der Waals surface area contributed by atoms with E-state index in [4.69, 9.17) is 14.2 Å². The van der Waals surface area contributed by atoms with Crippen molar-refractivity contribution in [2.75, 3.05) is 45.4 Å². The zero-order chi connectivity index (χ0) is 21.4. The third-order valence-corrected chi connectivity index (χ3v) is 5.48. The molecule has 1 heterocycles. The van der Waals surface area contributed by atoms with Crippen LogP contribution in [0, 0.1) is 0 Å². The maximum absolute atomic E-state index is 13.4. The van der Waals surface area contributed by atoms with Gasteiger partial charge in [0.25, 0.3) is 5.91 Å². The second-order valence-corrected chi connectivity index (χ2v) is 7.26. The molecule has 6 heteroatoms. The van der Waals surface area contributed by atoms with E-state index < -0.39 is 5.66 Å². The van der Waals surface area contributed by atoms with Gasteiger partial charge in [0.1, 0.15) is 18.0 Å². The van der Waals surface area contributed by atoms with Crippen LogP contribution in [0.1, 0.15) is 42.6 Å². The van der Waals surface area contributed by atoms with Crippen molar-refractivity contribution in [3.63, 3.8) is 0 Å². The van der Waals surface area contributed by atoms with Crippen LogP contribution < -0.4 is 10.1 Å². The highest BCUT2D eigenvalue weighted by atomic mass is 16.5. The number of nitrogens with zero attached hydrogens (tertiary/aromatic N) is 1. The second kappa shape index (κ2) is 10.5. The van der Waals surface area contributed by atoms with Gasteiger partial charge in [0.2, 0.25) is 0 Å². The van der Waals surface area contributed by atoms with Crippen molar-refractivity contribution in [2.45, 2.75) is 32.4 Å². The second-order valence-electron chi connectivity index (χ2n) is 7.26. The fourth-order valence-corrected chi connectivity index (χ4v) is 3.95. The minimum absolute atomic E-state index is 0.0411. The maximum Gasteiger partial charge on any atom is 0.258 e. The van der Waals surface area contributed by atoms with E-state index >= 15 is 0 Å². The molecule has 0 saturated carbocycles. The number of anilines is 1. The van der Waals surface area contributed by atoms with Gasteiger partial charge in [-0.1, -0.05) is 31.2 Å². The van der Waals surface area contributed by atoms with E-state index in [1.54, 1.807) is 7.11 Å². The topological polar surface area (TPSA) is 60.0 Å². The molecule has 1 amide bonds. The van der Waals surface area contributed by atoms with Gasteiger partial charge in [0.15, 0.2) is 0 Å². The van der Waals surface area contributed by atoms with Crippen LogP contribution in [0.3, 0.4) is 0 Å². The molecule has 2 aromatic carbocycles. The fraction of sp³-hybridized carbons (Fsp3) is 0.458. The van der Waals surface area contributed by atoms with Crippen LogP contribution in [0.2, 0.25) is 0 Å². The Balaban J connectivity index is 1.90. The number of para-hydroxylation sites is 1. The van der Waals surface area contributed by atoms with E-state index in [0.29, 0.717) is 38.5 Å². The van der Waals surface area contributed by atoms with E-state index in [9.17, 15) is 4.79 Å². The number of carbonyl (C=O) groups is 1. The number of nitrogens with one attached hydrogen (secondary N) is 1. The van der Waals surface area contributed by atoms with Gasteiger partial charge in [-0.05, 0) is 49.6 Å². The van der Waals surface area contributed by atoms with E-state index in [-0.39, 0.29) is 5.91 Å². The summed E-state index contributed by atoms with van der Waals surface area (Å²) in [4.78, 5) is 15.4. The standard InChI is InChI=1S/C24H32N2O4/c1-4-24(19-11-13-20(14-12-19)30-18-17-29-5-2)25-22-10-7-6-9-21(22)23(27)26(24)15-8-16-28-3/h6-7,9-14,25H,4-5,8,15-18H2,1-3H3. The summed E-state index contributed by atoms with van der Waals surface area (Å²) in [6.45, 7) is 7.04. The van der Waals surface area contributed by atoms with Gasteiger partial charge in [0.05, 0.1) is 12.2 Å². The summed E-state index contributed by atoms with van der Waals surface area (Å²) in [6, 6.07) is 15.7. The van der Waals surface area contributed by atoms with Crippen molar-refractivity contribution in [1.29, 1.82) is 0 Å². The fourth-order valence-electron chi connectivity index (χ4n) is 3.95. The Labute approximate surface area is 179 Å². The molecule has 162 valence electrons. The van der Waals surface area contributed by atoms with E-state index in [0.717, 1.165) is 29.8 Å². The molecule has 3 rings (SSSR count). The van der Waals surface area contributed by atoms with Crippen molar-refractivity contribution >= 4 is 11.6 Å². The van der Waals surface area contributed by atoms with Crippen LogP contribution in [0.25, 0.3) is 0 Å². The Morgan fingerprint density at radius 2 is 1.77 bits per heavy atom. The molecule has 0 spiro atoms. The Kier molecular flexibility index (Phi) is 7.71. The van der Waals surface area contributed by atoms with Crippen LogP contribution in [-0.4, -0.2) is 50.9 Å². The summed E-state index contributed by atoms with van der Waals surface area (Å²) in [5, 5.41) is 3.67. The molecule has 1 aliphatic heterocycles. The molecule has 1 atom stereocenters. The first kappa shape index (κ1) is 22.1. The number of fused-ring (bicyclic) bond motifs is 1. The number of rotatable bonds is 11. The van der Waals surface area contributed by atoms with Crippen LogP contribution >= 0.6 is 0 Å². The van der Waals surface area contributed by atoms with Crippen LogP contribution in [0.5, 0.6) is 5.75 Å². The Morgan fingerprint density at radius 1 is 1.00 bits per heavy atom. The largest absolute Gasteiger partial charge is 0.491 e. The molecule has 0 saturated heterocycles. The molecule has 30 heavy (non-hydrogen) atoms. The summed E-state index contributed by atoms with van der Waals surface area (Å²) < 4.78 is 16.3. The highest BCUT2D eigenvalue weighted by Gasteiger charge is 2.44. The van der Waals surface area contributed by atoms with Gasteiger partial charge in [-0.15, -0.1) is 0 Å². The molecular formula is C24H32N2O4. The van der Waals surface area contributed by atoms with Gasteiger partial charge in [-0.25, -0.2) is 0 Å². The van der Waals surface area contributed by atoms with Crippen LogP contribution in [0.4, 0.5) is 5.69 Å². The zero-order valence-corrected chi connectivity index (χ0v) is 18.1. The molecule has 0 aliphatic carbocycles. The predicted molar refractivity (Wildman–Crippen MR) is 118 cm³/mol. The molecule has 1 unspecified atom stereocenters. The van der Waals surface area contributed by atoms with Crippen molar-refractivity contribution in [1.82, 2.24) is 4.90 Å². The molecule has 1 N–H and O–H groups in total. The lowest BCUT2D eigenvalue weighted by molar-refractivity contribution is 0.0451. The summed E-state index contributed by atoms with van der Waals surface area (Å²) in [5.74, 6) is 0.831. The molecule has 6 nitrogen and oxygen atoms in total. The molecule has 1 aliphatic rings. The van der Waals surface area contributed by atoms with Crippen LogP contribution in [0.15, 0.2) is 48.5 Å². The monoisotopic (exact) mass is 412 g/mol. The first-order valence-electron chi connectivity index (χ1n) is 10.7. The number of ether oxygens (including phenoxy) is 3. The minimum atomic E-state index is -0.622. The summed E-state index contributed by atoms with van der Waals surface area (Å²) in [5.41, 5.74) is 1.98. The van der Waals surface area contributed by atoms with E-state index in [1.807, 2.05) is 60.4 Å². The van der Waals surface area contributed by atoms with E-state index in [1.165, 1.54) is 0 Å². The molecule has 2 aromatic rings. The number of carbonyl (C=O) groups excluding carboxylic acids is 1. The van der Waals surface area contributed by atoms with Crippen LogP contribution in [-0.2, 0) is 15.1 Å². The number of methoxy groups -OCH3 is 1. The van der Waals surface area contributed by atoms with Crippen molar-refractivity contribution < 1.29 is 19.0 Å². The average molecular weight is 413 g/mol. The summed E-state index contributed by atoms with van der Waals surface area (Å²) >= 11 is 0. The van der Waals surface area contributed by atoms with Gasteiger partial charge < -0.3 is 24.4 Å². The predicted octanol–water partition coefficient (Wildman–Crippen LogP) is 4.27. The SMILES string of the molecule is CCOCCOc1ccc(C2(CC)Nc3ccccc3C(=O)N2CCCOC)cc1. The minimum Gasteiger partial charge on any atom is -0.491 e. The van der Waals surface area contributed by atoms with E-state index in [2.05, 4.69) is 12.2 Å². The molecule has 0 bridgehead atoms. The normalized spacial score (nSPS) is 18.1. The first-order valence-corrected chi connectivity index (χ1v) is 10.7. The maximum atomic E-state index is 13.4. The lowest BCUT2D eigenvalue weighted by Gasteiger charge is -2.48. The quantitative estimate of drug-likeness (QED) is 0.559. The van der Waals surface area contributed by atoms with Gasteiger partial charge in [-0.3, -0.25) is 4.79 Å². The van der Waals surface area contributed by atoms with Crippen molar-refractivity contribution in [3.8, 4) is 5.75 Å². The number of amides is 1. The molecule has 0 radical (unpaired) electrons. The molecule has 0 aromatic heterocycles. The Morgan fingerprint density at radius 3 is 2.47 bits per heavy atom. The highest BCUT2D eigenvalue weighted by molar-refractivity contribution is 6.02.